The summed E-state index contributed by atoms with van der Waals surface area (Å²) in [5.74, 6) is 1.18. The molecule has 5 heteroatoms. The van der Waals surface area contributed by atoms with Crippen LogP contribution in [0.4, 0.5) is 4.79 Å². The van der Waals surface area contributed by atoms with E-state index >= 15 is 0 Å². The van der Waals surface area contributed by atoms with Gasteiger partial charge in [0.25, 0.3) is 0 Å². The van der Waals surface area contributed by atoms with E-state index in [0.717, 1.165) is 24.2 Å². The molecule has 3 N–H and O–H groups in total. The number of hydrogen-bond donors (Lipinski definition) is 3. The van der Waals surface area contributed by atoms with Crippen LogP contribution in [0, 0.1) is 12.8 Å². The first-order chi connectivity index (χ1) is 10.4. The van der Waals surface area contributed by atoms with Crippen molar-refractivity contribution in [1.82, 2.24) is 10.6 Å². The van der Waals surface area contributed by atoms with Crippen LogP contribution in [-0.4, -0.2) is 35.9 Å². The van der Waals surface area contributed by atoms with Crippen molar-refractivity contribution in [3.8, 4) is 5.75 Å². The SMILES string of the molecule is Cc1cccc(OCC(C)NC(=O)NC(C)(CO)C2CC2)c1. The lowest BCUT2D eigenvalue weighted by atomic mass is 9.97. The Bertz CT molecular complexity index is 516. The third-order valence-corrected chi connectivity index (χ3v) is 4.07. The number of urea groups is 1. The average molecular weight is 306 g/mol. The monoisotopic (exact) mass is 306 g/mol. The quantitative estimate of drug-likeness (QED) is 0.723. The number of carbonyl (C=O) groups excluding carboxylic acids is 1. The highest BCUT2D eigenvalue weighted by atomic mass is 16.5. The third kappa shape index (κ3) is 4.63. The zero-order valence-electron chi connectivity index (χ0n) is 13.6. The second-order valence-corrected chi connectivity index (χ2v) is 6.48. The van der Waals surface area contributed by atoms with Crippen molar-refractivity contribution in [2.45, 2.75) is 45.2 Å². The lowest BCUT2D eigenvalue weighted by Crippen LogP contribution is -2.56. The van der Waals surface area contributed by atoms with Gasteiger partial charge in [0, 0.05) is 0 Å². The van der Waals surface area contributed by atoms with Gasteiger partial charge in [-0.1, -0.05) is 12.1 Å². The smallest absolute Gasteiger partial charge is 0.315 e. The van der Waals surface area contributed by atoms with Gasteiger partial charge in [-0.15, -0.1) is 0 Å². The first kappa shape index (κ1) is 16.6. The highest BCUT2D eigenvalue weighted by Crippen LogP contribution is 2.39. The van der Waals surface area contributed by atoms with Gasteiger partial charge in [-0.3, -0.25) is 0 Å². The van der Waals surface area contributed by atoms with Crippen molar-refractivity contribution in [3.63, 3.8) is 0 Å². The maximum absolute atomic E-state index is 12.0. The minimum absolute atomic E-state index is 0.0424. The van der Waals surface area contributed by atoms with E-state index in [1.807, 2.05) is 45.0 Å². The normalized spacial score (nSPS) is 18.2. The molecule has 0 bridgehead atoms. The van der Waals surface area contributed by atoms with Crippen LogP contribution in [-0.2, 0) is 0 Å². The number of ether oxygens (including phenoxy) is 1. The largest absolute Gasteiger partial charge is 0.491 e. The van der Waals surface area contributed by atoms with Crippen LogP contribution in [0.3, 0.4) is 0 Å². The molecule has 2 amide bonds. The molecular weight excluding hydrogens is 280 g/mol. The fourth-order valence-corrected chi connectivity index (χ4v) is 2.48. The van der Waals surface area contributed by atoms with Crippen LogP contribution in [0.2, 0.25) is 0 Å². The molecule has 1 aliphatic rings. The summed E-state index contributed by atoms with van der Waals surface area (Å²) in [7, 11) is 0. The Morgan fingerprint density at radius 1 is 1.50 bits per heavy atom. The van der Waals surface area contributed by atoms with Crippen LogP contribution in [0.15, 0.2) is 24.3 Å². The minimum atomic E-state index is -0.527. The summed E-state index contributed by atoms with van der Waals surface area (Å²) in [6.45, 7) is 6.14. The summed E-state index contributed by atoms with van der Waals surface area (Å²) >= 11 is 0. The molecule has 1 fully saturated rings. The summed E-state index contributed by atoms with van der Waals surface area (Å²) in [6.07, 6.45) is 2.12. The summed E-state index contributed by atoms with van der Waals surface area (Å²) in [5, 5.41) is 15.2. The van der Waals surface area contributed by atoms with Crippen LogP contribution in [0.25, 0.3) is 0 Å². The number of carbonyl (C=O) groups is 1. The van der Waals surface area contributed by atoms with E-state index in [9.17, 15) is 9.90 Å². The van der Waals surface area contributed by atoms with Gasteiger partial charge >= 0.3 is 6.03 Å². The predicted molar refractivity (Wildman–Crippen MR) is 86.0 cm³/mol. The van der Waals surface area contributed by atoms with Gasteiger partial charge in [-0.25, -0.2) is 4.79 Å². The molecule has 2 unspecified atom stereocenters. The predicted octanol–water partition coefficient (Wildman–Crippen LogP) is 2.22. The lowest BCUT2D eigenvalue weighted by Gasteiger charge is -2.29. The molecule has 2 rings (SSSR count). The Hall–Kier alpha value is -1.75. The van der Waals surface area contributed by atoms with Crippen molar-refractivity contribution in [2.75, 3.05) is 13.2 Å². The lowest BCUT2D eigenvalue weighted by molar-refractivity contribution is 0.152. The molecule has 1 aromatic carbocycles. The fourth-order valence-electron chi connectivity index (χ4n) is 2.48. The molecule has 0 saturated heterocycles. The molecule has 22 heavy (non-hydrogen) atoms. The van der Waals surface area contributed by atoms with E-state index in [-0.39, 0.29) is 18.7 Å². The van der Waals surface area contributed by atoms with Gasteiger partial charge < -0.3 is 20.5 Å². The summed E-state index contributed by atoms with van der Waals surface area (Å²) in [6, 6.07) is 7.43. The highest BCUT2D eigenvalue weighted by molar-refractivity contribution is 5.75. The minimum Gasteiger partial charge on any atom is -0.491 e. The van der Waals surface area contributed by atoms with E-state index in [2.05, 4.69) is 10.6 Å². The van der Waals surface area contributed by atoms with Crippen LogP contribution in [0.1, 0.15) is 32.3 Å². The van der Waals surface area contributed by atoms with E-state index in [0.29, 0.717) is 12.5 Å². The average Bonchev–Trinajstić information content (AvgIpc) is 3.30. The third-order valence-electron chi connectivity index (χ3n) is 4.07. The zero-order valence-corrected chi connectivity index (χ0v) is 13.6. The highest BCUT2D eigenvalue weighted by Gasteiger charge is 2.42. The second kappa shape index (κ2) is 7.01. The Morgan fingerprint density at radius 2 is 2.23 bits per heavy atom. The van der Waals surface area contributed by atoms with Gasteiger partial charge in [-0.2, -0.15) is 0 Å². The molecule has 1 aromatic rings. The van der Waals surface area contributed by atoms with Gasteiger partial charge in [-0.05, 0) is 57.2 Å². The van der Waals surface area contributed by atoms with Crippen molar-refractivity contribution in [2.24, 2.45) is 5.92 Å². The van der Waals surface area contributed by atoms with Crippen molar-refractivity contribution >= 4 is 6.03 Å². The van der Waals surface area contributed by atoms with Crippen molar-refractivity contribution < 1.29 is 14.6 Å². The molecule has 2 atom stereocenters. The maximum Gasteiger partial charge on any atom is 0.315 e. The van der Waals surface area contributed by atoms with Crippen LogP contribution >= 0.6 is 0 Å². The number of aliphatic hydroxyl groups excluding tert-OH is 1. The van der Waals surface area contributed by atoms with E-state index in [4.69, 9.17) is 4.74 Å². The molecule has 122 valence electrons. The van der Waals surface area contributed by atoms with Crippen LogP contribution < -0.4 is 15.4 Å². The molecule has 0 aliphatic heterocycles. The maximum atomic E-state index is 12.0. The molecule has 5 nitrogen and oxygen atoms in total. The number of aliphatic hydroxyl groups is 1. The van der Waals surface area contributed by atoms with Crippen molar-refractivity contribution in [3.05, 3.63) is 29.8 Å². The molecule has 1 aliphatic carbocycles. The summed E-state index contributed by atoms with van der Waals surface area (Å²) in [4.78, 5) is 12.0. The Balaban J connectivity index is 1.76. The molecule has 1 saturated carbocycles. The Morgan fingerprint density at radius 3 is 2.82 bits per heavy atom. The van der Waals surface area contributed by atoms with Gasteiger partial charge in [0.05, 0.1) is 18.2 Å². The van der Waals surface area contributed by atoms with Crippen LogP contribution in [0.5, 0.6) is 5.75 Å². The molecule has 0 aromatic heterocycles. The standard InChI is InChI=1S/C17H26N2O3/c1-12-5-4-6-15(9-12)22-10-13(2)18-16(21)19-17(3,11-20)14-7-8-14/h4-6,9,13-14,20H,7-8,10-11H2,1-3H3,(H2,18,19,21). The second-order valence-electron chi connectivity index (χ2n) is 6.48. The fraction of sp³-hybridized carbons (Fsp3) is 0.588. The number of aryl methyl sites for hydroxylation is 1. The zero-order chi connectivity index (χ0) is 16.2. The Labute approximate surface area is 132 Å². The topological polar surface area (TPSA) is 70.6 Å². The molecular formula is C17H26N2O3. The molecule has 0 spiro atoms. The first-order valence-electron chi connectivity index (χ1n) is 7.82. The summed E-state index contributed by atoms with van der Waals surface area (Å²) < 4.78 is 5.67. The first-order valence-corrected chi connectivity index (χ1v) is 7.82. The van der Waals surface area contributed by atoms with Gasteiger partial charge in [0.1, 0.15) is 12.4 Å². The number of hydrogen-bond acceptors (Lipinski definition) is 3. The van der Waals surface area contributed by atoms with Crippen molar-refractivity contribution in [1.29, 1.82) is 0 Å². The van der Waals surface area contributed by atoms with Gasteiger partial charge in [0.2, 0.25) is 0 Å². The van der Waals surface area contributed by atoms with Gasteiger partial charge in [0.15, 0.2) is 0 Å². The van der Waals surface area contributed by atoms with E-state index in [1.54, 1.807) is 0 Å². The number of benzene rings is 1. The Kier molecular flexibility index (Phi) is 5.29. The number of nitrogens with one attached hydrogen (secondary N) is 2. The molecule has 0 radical (unpaired) electrons. The summed E-state index contributed by atoms with van der Waals surface area (Å²) in [5.41, 5.74) is 0.611. The van der Waals surface area contributed by atoms with E-state index in [1.165, 1.54) is 0 Å². The number of amides is 2. The van der Waals surface area contributed by atoms with E-state index < -0.39 is 5.54 Å². The number of rotatable bonds is 7. The molecule has 0 heterocycles.